The third kappa shape index (κ3) is 5.45. The van der Waals surface area contributed by atoms with Gasteiger partial charge in [0.25, 0.3) is 0 Å². The number of benzene rings is 4. The predicted molar refractivity (Wildman–Crippen MR) is 246 cm³/mol. The van der Waals surface area contributed by atoms with Crippen LogP contribution >= 0.6 is 0 Å². The van der Waals surface area contributed by atoms with Gasteiger partial charge in [0, 0.05) is 70.0 Å². The molecular weight excluding hydrogens is 781 g/mol. The predicted octanol–water partition coefficient (Wildman–Crippen LogP) is 10.5. The number of nitrogens with zero attached hydrogens (tertiary/aromatic N) is 12. The van der Waals surface area contributed by atoms with Crippen molar-refractivity contribution in [3.05, 3.63) is 183 Å². The van der Waals surface area contributed by atoms with Gasteiger partial charge in [-0.05, 0) is 91.0 Å². The topological polar surface area (TPSA) is 131 Å². The molecule has 0 atom stereocenters. The summed E-state index contributed by atoms with van der Waals surface area (Å²) in [5, 5.41) is 3.01. The molecule has 0 aliphatic carbocycles. The molecule has 4 aromatic carbocycles. The van der Waals surface area contributed by atoms with Crippen LogP contribution in [0.5, 0.6) is 0 Å². The van der Waals surface area contributed by atoms with Gasteiger partial charge < -0.3 is 0 Å². The second-order valence-corrected chi connectivity index (χ2v) is 15.2. The first-order chi connectivity index (χ1) is 31.2. The molecule has 13 aromatic rings. The summed E-state index contributed by atoms with van der Waals surface area (Å²) in [6.07, 6.45) is 10.8. The van der Waals surface area contributed by atoms with E-state index in [0.717, 1.165) is 83.0 Å². The molecule has 0 unspecified atom stereocenters. The molecule has 0 saturated carbocycles. The average molecular weight is 811 g/mol. The molecular formula is C51H30N12. The minimum atomic E-state index is 0.671. The number of imidazole rings is 3. The van der Waals surface area contributed by atoms with Crippen LogP contribution in [0.15, 0.2) is 183 Å². The third-order valence-corrected chi connectivity index (χ3v) is 11.5. The van der Waals surface area contributed by atoms with Gasteiger partial charge in [0.05, 0.1) is 33.6 Å². The Kier molecular flexibility index (Phi) is 7.60. The van der Waals surface area contributed by atoms with E-state index < -0.39 is 0 Å². The van der Waals surface area contributed by atoms with Crippen molar-refractivity contribution in [3.8, 4) is 51.2 Å². The molecule has 9 aromatic heterocycles. The monoisotopic (exact) mass is 810 g/mol. The molecule has 0 amide bonds. The Labute approximate surface area is 357 Å². The lowest BCUT2D eigenvalue weighted by molar-refractivity contribution is 1.07. The molecule has 0 aliphatic rings. The van der Waals surface area contributed by atoms with Crippen LogP contribution in [0, 0.1) is 0 Å². The molecule has 13 rings (SSSR count). The molecule has 0 saturated heterocycles. The van der Waals surface area contributed by atoms with Crippen LogP contribution < -0.4 is 0 Å². The van der Waals surface area contributed by atoms with E-state index in [9.17, 15) is 0 Å². The lowest BCUT2D eigenvalue weighted by Gasteiger charge is -2.16. The summed E-state index contributed by atoms with van der Waals surface area (Å²) < 4.78 is 6.31. The normalized spacial score (nSPS) is 11.8. The van der Waals surface area contributed by atoms with E-state index in [1.165, 1.54) is 0 Å². The highest BCUT2D eigenvalue weighted by Crippen LogP contribution is 2.40. The van der Waals surface area contributed by atoms with Crippen molar-refractivity contribution in [2.45, 2.75) is 0 Å². The molecule has 0 spiro atoms. The van der Waals surface area contributed by atoms with Crippen molar-refractivity contribution in [1.29, 1.82) is 0 Å². The van der Waals surface area contributed by atoms with Crippen molar-refractivity contribution in [1.82, 2.24) is 58.6 Å². The maximum atomic E-state index is 5.34. The van der Waals surface area contributed by atoms with E-state index >= 15 is 0 Å². The van der Waals surface area contributed by atoms with Gasteiger partial charge in [0.15, 0.2) is 16.9 Å². The molecule has 0 bridgehead atoms. The number of fused-ring (bicyclic) bond motifs is 6. The first-order valence-electron chi connectivity index (χ1n) is 20.4. The first-order valence-corrected chi connectivity index (χ1v) is 20.4. The number of pyridine rings is 6. The minimum absolute atomic E-state index is 0.671. The summed E-state index contributed by atoms with van der Waals surface area (Å²) in [6.45, 7) is 0. The van der Waals surface area contributed by atoms with Gasteiger partial charge in [-0.25, -0.2) is 29.9 Å². The molecule has 9 heterocycles. The van der Waals surface area contributed by atoms with Crippen molar-refractivity contribution < 1.29 is 0 Å². The van der Waals surface area contributed by atoms with Crippen molar-refractivity contribution in [2.75, 3.05) is 0 Å². The SMILES string of the molecule is c1cnc2c(-n3c(-c4cc(-c5nc6cccnc6n5-c5cccc6cccnc56)cc(-c5nc6cccnc6n5-c5cccc6cccnc56)c4)nc4cccnc43)cccc2c1. The van der Waals surface area contributed by atoms with Crippen LogP contribution in [0.3, 0.4) is 0 Å². The molecule has 12 nitrogen and oxygen atoms in total. The lowest BCUT2D eigenvalue weighted by atomic mass is 10.0. The molecule has 63 heavy (non-hydrogen) atoms. The zero-order chi connectivity index (χ0) is 41.4. The third-order valence-electron chi connectivity index (χ3n) is 11.5. The Morgan fingerprint density at radius 2 is 0.571 bits per heavy atom. The standard InChI is InChI=1S/C51H30N12/c1-10-31-13-4-22-52-43(31)40(19-1)61-46(58-37-16-7-25-55-49(37)61)34-28-35(47-59-38-17-8-26-56-50(38)62(47)41-20-2-11-32-14-5-23-53-44(32)41)30-36(29-34)48-60-39-18-9-27-57-51(39)63(48)42-21-3-12-33-15-6-24-54-45(33)42/h1-30H. The Balaban J connectivity index is 1.16. The molecule has 0 fully saturated rings. The first kappa shape index (κ1) is 34.8. The van der Waals surface area contributed by atoms with Crippen LogP contribution in [0.1, 0.15) is 0 Å². The lowest BCUT2D eigenvalue weighted by Crippen LogP contribution is -2.04. The van der Waals surface area contributed by atoms with Crippen LogP contribution in [-0.2, 0) is 0 Å². The Bertz CT molecular complexity index is 3520. The Morgan fingerprint density at radius 1 is 0.286 bits per heavy atom. The fraction of sp³-hybridized carbons (Fsp3) is 0. The second-order valence-electron chi connectivity index (χ2n) is 15.2. The highest BCUT2D eigenvalue weighted by atomic mass is 15.2. The summed E-state index contributed by atoms with van der Waals surface area (Å²) in [5.41, 5.74) is 11.8. The summed E-state index contributed by atoms with van der Waals surface area (Å²) in [5.74, 6) is 2.01. The summed E-state index contributed by atoms with van der Waals surface area (Å²) >= 11 is 0. The molecule has 0 aliphatic heterocycles. The van der Waals surface area contributed by atoms with E-state index in [1.54, 1.807) is 18.6 Å². The van der Waals surface area contributed by atoms with Gasteiger partial charge in [-0.2, -0.15) is 0 Å². The van der Waals surface area contributed by atoms with Crippen molar-refractivity contribution in [2.24, 2.45) is 0 Å². The van der Waals surface area contributed by atoms with Crippen molar-refractivity contribution in [3.63, 3.8) is 0 Å². The summed E-state index contributed by atoms with van der Waals surface area (Å²) in [6, 6.07) is 48.7. The van der Waals surface area contributed by atoms with E-state index in [1.807, 2.05) is 91.4 Å². The highest BCUT2D eigenvalue weighted by molar-refractivity contribution is 5.95. The van der Waals surface area contributed by atoms with Gasteiger partial charge >= 0.3 is 0 Å². The molecule has 12 heteroatoms. The van der Waals surface area contributed by atoms with Crippen LogP contribution in [0.4, 0.5) is 0 Å². The number of para-hydroxylation sites is 3. The quantitative estimate of drug-likeness (QED) is 0.161. The van der Waals surface area contributed by atoms with E-state index in [0.29, 0.717) is 34.4 Å². The van der Waals surface area contributed by atoms with E-state index in [2.05, 4.69) is 86.5 Å². The van der Waals surface area contributed by atoms with Gasteiger partial charge in [-0.3, -0.25) is 28.7 Å². The number of hydrogen-bond donors (Lipinski definition) is 0. The summed E-state index contributed by atoms with van der Waals surface area (Å²) in [4.78, 5) is 45.3. The van der Waals surface area contributed by atoms with Crippen molar-refractivity contribution >= 4 is 66.2 Å². The van der Waals surface area contributed by atoms with E-state index in [4.69, 9.17) is 44.9 Å². The zero-order valence-corrected chi connectivity index (χ0v) is 33.2. The zero-order valence-electron chi connectivity index (χ0n) is 33.2. The van der Waals surface area contributed by atoms with Gasteiger partial charge in [-0.1, -0.05) is 54.6 Å². The summed E-state index contributed by atoms with van der Waals surface area (Å²) in [7, 11) is 0. The maximum absolute atomic E-state index is 5.34. The average Bonchev–Trinajstić information content (AvgIpc) is 4.06. The minimum Gasteiger partial charge on any atom is -0.274 e. The number of rotatable bonds is 6. The van der Waals surface area contributed by atoms with Gasteiger partial charge in [-0.15, -0.1) is 0 Å². The largest absolute Gasteiger partial charge is 0.274 e. The molecule has 0 radical (unpaired) electrons. The Hall–Kier alpha value is -9.03. The maximum Gasteiger partial charge on any atom is 0.165 e. The van der Waals surface area contributed by atoms with Crippen LogP contribution in [-0.4, -0.2) is 58.6 Å². The highest BCUT2D eigenvalue weighted by Gasteiger charge is 2.25. The van der Waals surface area contributed by atoms with Gasteiger partial charge in [0.1, 0.15) is 34.0 Å². The Morgan fingerprint density at radius 3 is 0.905 bits per heavy atom. The van der Waals surface area contributed by atoms with Gasteiger partial charge in [0.2, 0.25) is 0 Å². The van der Waals surface area contributed by atoms with Crippen LogP contribution in [0.25, 0.3) is 117 Å². The molecule has 294 valence electrons. The fourth-order valence-corrected chi connectivity index (χ4v) is 8.82. The smallest absolute Gasteiger partial charge is 0.165 e. The second kappa shape index (κ2) is 13.8. The van der Waals surface area contributed by atoms with E-state index in [-0.39, 0.29) is 0 Å². The number of aromatic nitrogens is 12. The number of hydrogen-bond acceptors (Lipinski definition) is 9. The van der Waals surface area contributed by atoms with Crippen LogP contribution in [0.2, 0.25) is 0 Å². The fourth-order valence-electron chi connectivity index (χ4n) is 8.82. The molecule has 0 N–H and O–H groups in total.